The van der Waals surface area contributed by atoms with Crippen LogP contribution in [0.3, 0.4) is 0 Å². The zero-order valence-corrected chi connectivity index (χ0v) is 21.6. The third kappa shape index (κ3) is 3.88. The van der Waals surface area contributed by atoms with Gasteiger partial charge in [0.1, 0.15) is 5.75 Å². The zero-order valence-electron chi connectivity index (χ0n) is 19.5. The second-order valence-corrected chi connectivity index (χ2v) is 8.59. The van der Waals surface area contributed by atoms with E-state index in [9.17, 15) is 5.11 Å². The van der Waals surface area contributed by atoms with Gasteiger partial charge in [-0.2, -0.15) is 4.98 Å². The number of aromatic hydroxyl groups is 1. The molecular formula is C30H20AuN5O-. The van der Waals surface area contributed by atoms with Crippen LogP contribution in [-0.2, 0) is 22.4 Å². The largest absolute Gasteiger partial charge is 0.507 e. The van der Waals surface area contributed by atoms with Crippen LogP contribution < -0.4 is 9.55 Å². The molecule has 4 heterocycles. The normalized spacial score (nSPS) is 11.1. The van der Waals surface area contributed by atoms with Gasteiger partial charge >= 0.3 is 0 Å². The fourth-order valence-electron chi connectivity index (χ4n) is 4.77. The molecule has 37 heavy (non-hydrogen) atoms. The number of pyridine rings is 1. The number of fused-ring (bicyclic) bond motifs is 3. The fourth-order valence-corrected chi connectivity index (χ4v) is 4.77. The Hall–Kier alpha value is -4.36. The summed E-state index contributed by atoms with van der Waals surface area (Å²) in [4.78, 5) is 9.17. The standard InChI is InChI=1S/C30H20N5O.Au/c36-28-19-23-22-10-4-5-11-26(22)35(21-8-2-1-3-9-21)27(23)18-24(28)25-13-14-30(32-25)34-17-16-33(20-34)29-12-6-7-15-31-29;/h1-19,36H;/q-1;. The molecule has 0 aliphatic carbocycles. The number of para-hydroxylation sites is 2. The maximum Gasteiger partial charge on any atom is 0.199 e. The smallest absolute Gasteiger partial charge is 0.199 e. The quantitative estimate of drug-likeness (QED) is 0.157. The molecule has 0 unspecified atom stereocenters. The molecule has 0 saturated carbocycles. The van der Waals surface area contributed by atoms with Gasteiger partial charge in [0.2, 0.25) is 0 Å². The van der Waals surface area contributed by atoms with Crippen LogP contribution in [0.2, 0.25) is 0 Å². The van der Waals surface area contributed by atoms with E-state index in [-0.39, 0.29) is 28.1 Å². The summed E-state index contributed by atoms with van der Waals surface area (Å²) in [5, 5.41) is 13.1. The molecule has 0 saturated heterocycles. The van der Waals surface area contributed by atoms with E-state index < -0.39 is 0 Å². The van der Waals surface area contributed by atoms with Crippen molar-refractivity contribution in [2.24, 2.45) is 0 Å². The van der Waals surface area contributed by atoms with E-state index in [1.165, 1.54) is 0 Å². The average molecular weight is 663 g/mol. The van der Waals surface area contributed by atoms with Gasteiger partial charge in [0.25, 0.3) is 0 Å². The van der Waals surface area contributed by atoms with Crippen molar-refractivity contribution in [2.45, 2.75) is 0 Å². The SMILES string of the molecule is Oc1cc2c3ccccc3n(-c3ccccc3)c2cc1-c1ccc(-n2[c-][n+](-c3ccccn3)cc2)[n-]1.[Au]. The third-order valence-electron chi connectivity index (χ3n) is 6.43. The molecule has 3 aromatic carbocycles. The molecule has 4 aromatic heterocycles. The predicted octanol–water partition coefficient (Wildman–Crippen LogP) is 5.37. The summed E-state index contributed by atoms with van der Waals surface area (Å²) in [5.41, 5.74) is 4.55. The summed E-state index contributed by atoms with van der Waals surface area (Å²) in [6, 6.07) is 32.0. The first-order chi connectivity index (χ1) is 17.8. The Morgan fingerprint density at radius 3 is 2.46 bits per heavy atom. The molecule has 1 radical (unpaired) electrons. The number of phenols is 1. The number of hydrogen-bond acceptors (Lipinski definition) is 2. The number of phenolic OH excluding ortho intramolecular Hbond substituents is 1. The van der Waals surface area contributed by atoms with Crippen molar-refractivity contribution in [2.75, 3.05) is 0 Å². The van der Waals surface area contributed by atoms with Gasteiger partial charge in [-0.25, -0.2) is 0 Å². The Labute approximate surface area is 228 Å². The van der Waals surface area contributed by atoms with Gasteiger partial charge < -0.3 is 23.8 Å². The Kier molecular flexibility index (Phi) is 5.77. The Bertz CT molecular complexity index is 1850. The first-order valence-corrected chi connectivity index (χ1v) is 11.7. The van der Waals surface area contributed by atoms with Crippen LogP contribution in [0, 0.1) is 6.33 Å². The first-order valence-electron chi connectivity index (χ1n) is 11.7. The van der Waals surface area contributed by atoms with E-state index in [0.717, 1.165) is 33.3 Å². The average Bonchev–Trinajstić information content (AvgIpc) is 3.67. The summed E-state index contributed by atoms with van der Waals surface area (Å²) in [6.45, 7) is 0. The van der Waals surface area contributed by atoms with E-state index in [2.05, 4.69) is 40.1 Å². The Morgan fingerprint density at radius 2 is 1.62 bits per heavy atom. The molecular weight excluding hydrogens is 643 g/mol. The number of nitrogens with zero attached hydrogens (tertiary/aromatic N) is 5. The third-order valence-corrected chi connectivity index (χ3v) is 6.43. The minimum Gasteiger partial charge on any atom is -0.507 e. The van der Waals surface area contributed by atoms with Crippen molar-refractivity contribution < 1.29 is 32.1 Å². The summed E-state index contributed by atoms with van der Waals surface area (Å²) < 4.78 is 5.86. The number of hydrogen-bond donors (Lipinski definition) is 1. The second kappa shape index (κ2) is 9.26. The summed E-state index contributed by atoms with van der Waals surface area (Å²) >= 11 is 0. The van der Waals surface area contributed by atoms with Crippen LogP contribution in [-0.4, -0.2) is 19.2 Å². The van der Waals surface area contributed by atoms with E-state index in [0.29, 0.717) is 17.1 Å². The number of aromatic nitrogens is 5. The minimum absolute atomic E-state index is 0. The predicted molar refractivity (Wildman–Crippen MR) is 139 cm³/mol. The van der Waals surface area contributed by atoms with E-state index >= 15 is 0 Å². The molecule has 0 fully saturated rings. The van der Waals surface area contributed by atoms with Crippen LogP contribution in [0.15, 0.2) is 116 Å². The molecule has 0 atom stereocenters. The molecule has 7 heteroatoms. The summed E-state index contributed by atoms with van der Waals surface area (Å²) in [7, 11) is 0. The molecule has 183 valence electrons. The van der Waals surface area contributed by atoms with Gasteiger partial charge in [-0.05, 0) is 54.4 Å². The molecule has 0 amide bonds. The summed E-state index contributed by atoms with van der Waals surface area (Å²) in [6.07, 6.45) is 8.77. The van der Waals surface area contributed by atoms with Gasteiger partial charge in [0.05, 0.1) is 17.2 Å². The number of rotatable bonds is 4. The maximum atomic E-state index is 11.1. The van der Waals surface area contributed by atoms with E-state index in [1.807, 2.05) is 94.3 Å². The second-order valence-electron chi connectivity index (χ2n) is 8.59. The molecule has 0 aliphatic rings. The molecule has 6 nitrogen and oxygen atoms in total. The van der Waals surface area contributed by atoms with Crippen molar-refractivity contribution >= 4 is 21.8 Å². The molecule has 0 bridgehead atoms. The number of benzene rings is 3. The van der Waals surface area contributed by atoms with Crippen molar-refractivity contribution in [3.63, 3.8) is 0 Å². The topological polar surface area (TPSA) is 61.0 Å². The fraction of sp³-hybridized carbons (Fsp3) is 0. The van der Waals surface area contributed by atoms with Crippen LogP contribution in [0.5, 0.6) is 5.75 Å². The molecule has 0 spiro atoms. The molecule has 7 aromatic rings. The van der Waals surface area contributed by atoms with Gasteiger partial charge in [0.15, 0.2) is 5.82 Å². The Balaban J connectivity index is 0.00000252. The Morgan fingerprint density at radius 1 is 0.811 bits per heavy atom. The number of imidazole rings is 1. The van der Waals surface area contributed by atoms with Crippen molar-refractivity contribution in [1.29, 1.82) is 0 Å². The van der Waals surface area contributed by atoms with Gasteiger partial charge in [0, 0.05) is 50.7 Å². The van der Waals surface area contributed by atoms with Crippen LogP contribution in [0.25, 0.3) is 50.4 Å². The molecule has 7 rings (SSSR count). The zero-order chi connectivity index (χ0) is 24.1. The maximum absolute atomic E-state index is 11.1. The van der Waals surface area contributed by atoms with Gasteiger partial charge in [-0.3, -0.25) is 0 Å². The van der Waals surface area contributed by atoms with Gasteiger partial charge in [-0.1, -0.05) is 54.6 Å². The van der Waals surface area contributed by atoms with E-state index in [4.69, 9.17) is 4.98 Å². The minimum atomic E-state index is 0. The van der Waals surface area contributed by atoms with E-state index in [1.54, 1.807) is 6.20 Å². The van der Waals surface area contributed by atoms with Crippen molar-refractivity contribution in [3.05, 3.63) is 122 Å². The van der Waals surface area contributed by atoms with Crippen LogP contribution in [0.4, 0.5) is 0 Å². The van der Waals surface area contributed by atoms with Crippen LogP contribution in [0.1, 0.15) is 0 Å². The molecule has 0 aliphatic heterocycles. The first kappa shape index (κ1) is 23.1. The summed E-state index contributed by atoms with van der Waals surface area (Å²) in [5.74, 6) is 1.69. The van der Waals surface area contributed by atoms with Crippen molar-refractivity contribution in [3.8, 4) is 34.3 Å². The van der Waals surface area contributed by atoms with Crippen LogP contribution >= 0.6 is 0 Å². The monoisotopic (exact) mass is 663 g/mol. The van der Waals surface area contributed by atoms with Crippen molar-refractivity contribution in [1.82, 2.24) is 19.1 Å². The van der Waals surface area contributed by atoms with Gasteiger partial charge in [-0.15, -0.1) is 12.0 Å². The molecule has 1 N–H and O–H groups in total.